The van der Waals surface area contributed by atoms with Gasteiger partial charge >= 0.3 is 0 Å². The van der Waals surface area contributed by atoms with E-state index in [9.17, 15) is 8.42 Å². The van der Waals surface area contributed by atoms with E-state index in [1.54, 1.807) is 20.8 Å². The molecule has 0 aliphatic rings. The van der Waals surface area contributed by atoms with E-state index in [0.717, 1.165) is 5.56 Å². The SMILES string of the molecule is CCC(C(N)=S)S(=O)(=O)NCc1c(C)noc1C. The molecule has 18 heavy (non-hydrogen) atoms. The quantitative estimate of drug-likeness (QED) is 0.751. The molecule has 8 heteroatoms. The summed E-state index contributed by atoms with van der Waals surface area (Å²) in [5.41, 5.74) is 6.82. The maximum absolute atomic E-state index is 12.0. The molecule has 3 N–H and O–H groups in total. The highest BCUT2D eigenvalue weighted by Gasteiger charge is 2.26. The third-order valence-electron chi connectivity index (χ3n) is 2.69. The van der Waals surface area contributed by atoms with Crippen LogP contribution in [0, 0.1) is 13.8 Å². The summed E-state index contributed by atoms with van der Waals surface area (Å²) >= 11 is 4.76. The molecule has 0 saturated carbocycles. The summed E-state index contributed by atoms with van der Waals surface area (Å²) < 4.78 is 31.4. The fourth-order valence-electron chi connectivity index (χ4n) is 1.60. The summed E-state index contributed by atoms with van der Waals surface area (Å²) in [6.45, 7) is 5.33. The lowest BCUT2D eigenvalue weighted by molar-refractivity contribution is 0.392. The van der Waals surface area contributed by atoms with Gasteiger partial charge in [0, 0.05) is 12.1 Å². The Balaban J connectivity index is 2.82. The molecule has 0 spiro atoms. The molecular weight excluding hydrogens is 274 g/mol. The summed E-state index contributed by atoms with van der Waals surface area (Å²) in [4.78, 5) is -0.0243. The largest absolute Gasteiger partial charge is 0.392 e. The molecule has 0 bridgehead atoms. The van der Waals surface area contributed by atoms with Crippen LogP contribution in [0.5, 0.6) is 0 Å². The molecule has 1 aromatic heterocycles. The third kappa shape index (κ3) is 3.27. The van der Waals surface area contributed by atoms with E-state index in [2.05, 4.69) is 9.88 Å². The highest BCUT2D eigenvalue weighted by atomic mass is 32.2. The van der Waals surface area contributed by atoms with Crippen molar-refractivity contribution in [2.45, 2.75) is 39.0 Å². The van der Waals surface area contributed by atoms with Gasteiger partial charge in [-0.1, -0.05) is 24.3 Å². The number of aryl methyl sites for hydroxylation is 2. The van der Waals surface area contributed by atoms with Crippen molar-refractivity contribution in [3.8, 4) is 0 Å². The van der Waals surface area contributed by atoms with Gasteiger partial charge in [0.25, 0.3) is 0 Å². The van der Waals surface area contributed by atoms with Crippen molar-refractivity contribution in [3.63, 3.8) is 0 Å². The Morgan fingerprint density at radius 3 is 2.56 bits per heavy atom. The van der Waals surface area contributed by atoms with Crippen molar-refractivity contribution in [2.75, 3.05) is 0 Å². The normalized spacial score (nSPS) is 13.5. The van der Waals surface area contributed by atoms with Gasteiger partial charge in [-0.2, -0.15) is 0 Å². The van der Waals surface area contributed by atoms with E-state index in [1.807, 2.05) is 0 Å². The van der Waals surface area contributed by atoms with E-state index >= 15 is 0 Å². The number of thiocarbonyl (C=S) groups is 1. The average Bonchev–Trinajstić information content (AvgIpc) is 2.56. The predicted molar refractivity (Wildman–Crippen MR) is 72.6 cm³/mol. The van der Waals surface area contributed by atoms with Crippen LogP contribution in [-0.4, -0.2) is 23.8 Å². The summed E-state index contributed by atoms with van der Waals surface area (Å²) in [6, 6.07) is 0. The molecule has 1 unspecified atom stereocenters. The minimum Gasteiger partial charge on any atom is -0.392 e. The Labute approximate surface area is 112 Å². The minimum atomic E-state index is -3.57. The Morgan fingerprint density at radius 1 is 1.56 bits per heavy atom. The number of aromatic nitrogens is 1. The van der Waals surface area contributed by atoms with Crippen LogP contribution in [-0.2, 0) is 16.6 Å². The van der Waals surface area contributed by atoms with Crippen LogP contribution in [0.2, 0.25) is 0 Å². The number of nitrogens with two attached hydrogens (primary N) is 1. The van der Waals surface area contributed by atoms with Crippen LogP contribution in [0.4, 0.5) is 0 Å². The molecule has 0 aliphatic carbocycles. The number of rotatable bonds is 6. The molecule has 1 heterocycles. The lowest BCUT2D eigenvalue weighted by Gasteiger charge is -2.15. The van der Waals surface area contributed by atoms with Crippen molar-refractivity contribution in [3.05, 3.63) is 17.0 Å². The van der Waals surface area contributed by atoms with Gasteiger partial charge in [-0.25, -0.2) is 13.1 Å². The Bertz CT molecular complexity index is 517. The summed E-state index contributed by atoms with van der Waals surface area (Å²) in [5, 5.41) is 2.90. The van der Waals surface area contributed by atoms with Gasteiger partial charge in [-0.3, -0.25) is 0 Å². The second-order valence-corrected chi connectivity index (χ2v) is 6.39. The van der Waals surface area contributed by atoms with E-state index in [0.29, 0.717) is 17.9 Å². The molecule has 0 aromatic carbocycles. The van der Waals surface area contributed by atoms with Crippen molar-refractivity contribution >= 4 is 27.2 Å². The van der Waals surface area contributed by atoms with Crippen molar-refractivity contribution in [1.29, 1.82) is 0 Å². The molecule has 0 amide bonds. The van der Waals surface area contributed by atoms with Gasteiger partial charge in [-0.15, -0.1) is 0 Å². The summed E-state index contributed by atoms with van der Waals surface area (Å²) in [5.74, 6) is 0.596. The van der Waals surface area contributed by atoms with Gasteiger partial charge in [0.2, 0.25) is 10.0 Å². The van der Waals surface area contributed by atoms with Crippen LogP contribution in [0.1, 0.15) is 30.4 Å². The molecule has 1 atom stereocenters. The first-order valence-corrected chi connectivity index (χ1v) is 7.44. The monoisotopic (exact) mass is 291 g/mol. The van der Waals surface area contributed by atoms with Crippen molar-refractivity contribution in [1.82, 2.24) is 9.88 Å². The first-order valence-electron chi connectivity index (χ1n) is 5.49. The van der Waals surface area contributed by atoms with Gasteiger partial charge in [0.1, 0.15) is 11.0 Å². The lowest BCUT2D eigenvalue weighted by Crippen LogP contribution is -2.41. The standard InChI is InChI=1S/C10H17N3O3S2/c1-4-9(10(11)17)18(14,15)12-5-8-6(2)13-16-7(8)3/h9,12H,4-5H2,1-3H3,(H2,11,17). The van der Waals surface area contributed by atoms with E-state index in [1.165, 1.54) is 0 Å². The average molecular weight is 291 g/mol. The van der Waals surface area contributed by atoms with E-state index in [4.69, 9.17) is 22.5 Å². The van der Waals surface area contributed by atoms with Crippen LogP contribution < -0.4 is 10.5 Å². The van der Waals surface area contributed by atoms with Crippen molar-refractivity contribution < 1.29 is 12.9 Å². The zero-order chi connectivity index (χ0) is 13.9. The van der Waals surface area contributed by atoms with Gasteiger partial charge in [0.15, 0.2) is 0 Å². The summed E-state index contributed by atoms with van der Waals surface area (Å²) in [7, 11) is -3.57. The molecule has 0 aliphatic heterocycles. The fraction of sp³-hybridized carbons (Fsp3) is 0.600. The molecule has 1 rings (SSSR count). The topological polar surface area (TPSA) is 98.2 Å². The number of sulfonamides is 1. The molecule has 1 aromatic rings. The molecular formula is C10H17N3O3S2. The first kappa shape index (κ1) is 15.1. The van der Waals surface area contributed by atoms with Gasteiger partial charge in [0.05, 0.1) is 10.7 Å². The first-order chi connectivity index (χ1) is 8.29. The van der Waals surface area contributed by atoms with Crippen LogP contribution >= 0.6 is 12.2 Å². The number of hydrogen-bond acceptors (Lipinski definition) is 5. The van der Waals surface area contributed by atoms with E-state index in [-0.39, 0.29) is 11.5 Å². The molecule has 0 saturated heterocycles. The highest BCUT2D eigenvalue weighted by Crippen LogP contribution is 2.13. The third-order valence-corrected chi connectivity index (χ3v) is 5.01. The Morgan fingerprint density at radius 2 is 2.17 bits per heavy atom. The second kappa shape index (κ2) is 5.77. The van der Waals surface area contributed by atoms with Crippen LogP contribution in [0.15, 0.2) is 4.52 Å². The molecule has 6 nitrogen and oxygen atoms in total. The maximum atomic E-state index is 12.0. The molecule has 0 fully saturated rings. The number of hydrogen-bond donors (Lipinski definition) is 2. The van der Waals surface area contributed by atoms with Crippen molar-refractivity contribution in [2.24, 2.45) is 5.73 Å². The highest BCUT2D eigenvalue weighted by molar-refractivity contribution is 7.93. The fourth-order valence-corrected chi connectivity index (χ4v) is 3.44. The smallest absolute Gasteiger partial charge is 0.221 e. The molecule has 102 valence electrons. The van der Waals surface area contributed by atoms with Crippen LogP contribution in [0.25, 0.3) is 0 Å². The zero-order valence-corrected chi connectivity index (χ0v) is 12.2. The minimum absolute atomic E-state index is 0.0243. The second-order valence-electron chi connectivity index (χ2n) is 3.97. The van der Waals surface area contributed by atoms with Gasteiger partial charge in [-0.05, 0) is 20.3 Å². The Kier molecular flexibility index (Phi) is 4.83. The number of nitrogens with zero attached hydrogens (tertiary/aromatic N) is 1. The maximum Gasteiger partial charge on any atom is 0.221 e. The predicted octanol–water partition coefficient (Wildman–Crippen LogP) is 0.776. The Hall–Kier alpha value is -0.990. The summed E-state index contributed by atoms with van der Waals surface area (Å²) in [6.07, 6.45) is 0.340. The van der Waals surface area contributed by atoms with E-state index < -0.39 is 15.3 Å². The zero-order valence-electron chi connectivity index (χ0n) is 10.6. The molecule has 0 radical (unpaired) electrons. The number of nitrogens with one attached hydrogen (secondary N) is 1. The van der Waals surface area contributed by atoms with Crippen LogP contribution in [0.3, 0.4) is 0 Å². The lowest BCUT2D eigenvalue weighted by atomic mass is 10.2. The van der Waals surface area contributed by atoms with Gasteiger partial charge < -0.3 is 10.3 Å².